The summed E-state index contributed by atoms with van der Waals surface area (Å²) in [6, 6.07) is 6.82. The smallest absolute Gasteiger partial charge is 0.00930 e. The zero-order chi connectivity index (χ0) is 9.68. The summed E-state index contributed by atoms with van der Waals surface area (Å²) in [4.78, 5) is 0. The van der Waals surface area contributed by atoms with E-state index in [0.29, 0.717) is 0 Å². The summed E-state index contributed by atoms with van der Waals surface area (Å²) >= 11 is 0. The Labute approximate surface area is 82.0 Å². The minimum absolute atomic E-state index is 1.12. The average Bonchev–Trinajstić information content (AvgIpc) is 2.19. The van der Waals surface area contributed by atoms with Crippen LogP contribution < -0.4 is 0 Å². The highest BCUT2D eigenvalue weighted by atomic mass is 14.1. The number of benzene rings is 1. The van der Waals surface area contributed by atoms with Crippen LogP contribution in [0.25, 0.3) is 0 Å². The molecule has 0 aliphatic heterocycles. The molecule has 0 N–H and O–H groups in total. The number of aryl methyl sites for hydroxylation is 2. The SMILES string of the molecule is CC[CH]c1ccc(CC)cc1CC. The van der Waals surface area contributed by atoms with Crippen molar-refractivity contribution in [3.05, 3.63) is 41.3 Å². The summed E-state index contributed by atoms with van der Waals surface area (Å²) in [6.45, 7) is 6.62. The Morgan fingerprint density at radius 2 is 1.85 bits per heavy atom. The molecule has 0 aromatic heterocycles. The van der Waals surface area contributed by atoms with Gasteiger partial charge in [-0.05, 0) is 42.4 Å². The van der Waals surface area contributed by atoms with Crippen LogP contribution in [0.15, 0.2) is 18.2 Å². The zero-order valence-electron chi connectivity index (χ0n) is 8.93. The van der Waals surface area contributed by atoms with Crippen LogP contribution in [0.1, 0.15) is 43.9 Å². The Balaban J connectivity index is 2.93. The van der Waals surface area contributed by atoms with Gasteiger partial charge in [0.25, 0.3) is 0 Å². The van der Waals surface area contributed by atoms with E-state index in [9.17, 15) is 0 Å². The van der Waals surface area contributed by atoms with Gasteiger partial charge in [0.15, 0.2) is 0 Å². The summed E-state index contributed by atoms with van der Waals surface area (Å²) in [6.07, 6.45) is 5.70. The summed E-state index contributed by atoms with van der Waals surface area (Å²) in [5.74, 6) is 0. The second-order valence-electron chi connectivity index (χ2n) is 3.35. The number of rotatable bonds is 4. The Morgan fingerprint density at radius 3 is 2.38 bits per heavy atom. The van der Waals surface area contributed by atoms with Crippen molar-refractivity contribution in [2.45, 2.75) is 40.0 Å². The summed E-state index contributed by atoms with van der Waals surface area (Å²) in [5.41, 5.74) is 4.36. The quantitative estimate of drug-likeness (QED) is 0.653. The van der Waals surface area contributed by atoms with Crippen LogP contribution in [0, 0.1) is 6.42 Å². The topological polar surface area (TPSA) is 0 Å². The third kappa shape index (κ3) is 2.58. The number of hydrogen-bond donors (Lipinski definition) is 0. The standard InChI is InChI=1S/C13H19/c1-4-7-13-9-8-11(5-2)10-12(13)6-3/h7-10H,4-6H2,1-3H3. The molecular weight excluding hydrogens is 156 g/mol. The summed E-state index contributed by atoms with van der Waals surface area (Å²) in [5, 5.41) is 0. The fraction of sp³-hybridized carbons (Fsp3) is 0.462. The molecule has 1 aromatic rings. The minimum Gasteiger partial charge on any atom is -0.0648 e. The van der Waals surface area contributed by atoms with Crippen molar-refractivity contribution in [2.24, 2.45) is 0 Å². The monoisotopic (exact) mass is 175 g/mol. The van der Waals surface area contributed by atoms with E-state index in [4.69, 9.17) is 0 Å². The first kappa shape index (κ1) is 10.3. The molecular formula is C13H19. The van der Waals surface area contributed by atoms with Crippen molar-refractivity contribution >= 4 is 0 Å². The predicted octanol–water partition coefficient (Wildman–Crippen LogP) is 3.77. The van der Waals surface area contributed by atoms with Crippen LogP contribution in [-0.2, 0) is 12.8 Å². The molecule has 0 atom stereocenters. The molecule has 0 nitrogen and oxygen atoms in total. The molecule has 0 spiro atoms. The van der Waals surface area contributed by atoms with Gasteiger partial charge in [-0.25, -0.2) is 0 Å². The van der Waals surface area contributed by atoms with E-state index in [-0.39, 0.29) is 0 Å². The van der Waals surface area contributed by atoms with E-state index in [1.807, 2.05) is 0 Å². The maximum absolute atomic E-state index is 2.33. The fourth-order valence-corrected chi connectivity index (χ4v) is 1.60. The summed E-state index contributed by atoms with van der Waals surface area (Å²) < 4.78 is 0. The lowest BCUT2D eigenvalue weighted by Gasteiger charge is -2.08. The predicted molar refractivity (Wildman–Crippen MR) is 58.9 cm³/mol. The van der Waals surface area contributed by atoms with E-state index in [2.05, 4.69) is 45.4 Å². The van der Waals surface area contributed by atoms with E-state index in [1.54, 1.807) is 0 Å². The molecule has 1 radical (unpaired) electrons. The van der Waals surface area contributed by atoms with Crippen molar-refractivity contribution in [3.63, 3.8) is 0 Å². The van der Waals surface area contributed by atoms with Gasteiger partial charge in [0.2, 0.25) is 0 Å². The molecule has 0 aliphatic rings. The van der Waals surface area contributed by atoms with Crippen molar-refractivity contribution in [3.8, 4) is 0 Å². The second-order valence-corrected chi connectivity index (χ2v) is 3.35. The third-order valence-electron chi connectivity index (χ3n) is 2.42. The largest absolute Gasteiger partial charge is 0.0648 e. The lowest BCUT2D eigenvalue weighted by molar-refractivity contribution is 1.04. The summed E-state index contributed by atoms with van der Waals surface area (Å²) in [7, 11) is 0. The van der Waals surface area contributed by atoms with E-state index in [1.165, 1.54) is 16.7 Å². The van der Waals surface area contributed by atoms with Crippen molar-refractivity contribution in [2.75, 3.05) is 0 Å². The number of hydrogen-bond acceptors (Lipinski definition) is 0. The first-order chi connectivity index (χ1) is 6.31. The van der Waals surface area contributed by atoms with E-state index >= 15 is 0 Å². The normalized spacial score (nSPS) is 10.4. The average molecular weight is 175 g/mol. The zero-order valence-corrected chi connectivity index (χ0v) is 8.93. The minimum atomic E-state index is 1.12. The van der Waals surface area contributed by atoms with Gasteiger partial charge in [-0.15, -0.1) is 0 Å². The van der Waals surface area contributed by atoms with Crippen LogP contribution in [0.4, 0.5) is 0 Å². The van der Waals surface area contributed by atoms with Gasteiger partial charge in [-0.1, -0.05) is 39.0 Å². The molecule has 0 heterocycles. The van der Waals surface area contributed by atoms with Crippen LogP contribution in [0.5, 0.6) is 0 Å². The van der Waals surface area contributed by atoms with Crippen molar-refractivity contribution < 1.29 is 0 Å². The highest BCUT2D eigenvalue weighted by Crippen LogP contribution is 2.16. The molecule has 1 rings (SSSR count). The molecule has 0 bridgehead atoms. The van der Waals surface area contributed by atoms with Crippen molar-refractivity contribution in [1.29, 1.82) is 0 Å². The van der Waals surface area contributed by atoms with Gasteiger partial charge >= 0.3 is 0 Å². The molecule has 0 amide bonds. The van der Waals surface area contributed by atoms with Gasteiger partial charge in [0.1, 0.15) is 0 Å². The molecule has 0 saturated heterocycles. The Morgan fingerprint density at radius 1 is 1.08 bits per heavy atom. The van der Waals surface area contributed by atoms with Crippen LogP contribution >= 0.6 is 0 Å². The van der Waals surface area contributed by atoms with Gasteiger partial charge in [-0.3, -0.25) is 0 Å². The van der Waals surface area contributed by atoms with Crippen molar-refractivity contribution in [1.82, 2.24) is 0 Å². The molecule has 0 fully saturated rings. The maximum Gasteiger partial charge on any atom is -0.00930 e. The third-order valence-corrected chi connectivity index (χ3v) is 2.42. The van der Waals surface area contributed by atoms with Crippen LogP contribution in [-0.4, -0.2) is 0 Å². The Hall–Kier alpha value is -0.780. The Kier molecular flexibility index (Phi) is 4.01. The molecule has 71 valence electrons. The fourth-order valence-electron chi connectivity index (χ4n) is 1.60. The molecule has 1 aromatic carbocycles. The van der Waals surface area contributed by atoms with Gasteiger partial charge in [-0.2, -0.15) is 0 Å². The lowest BCUT2D eigenvalue weighted by Crippen LogP contribution is -1.92. The first-order valence-electron chi connectivity index (χ1n) is 5.26. The van der Waals surface area contributed by atoms with Gasteiger partial charge < -0.3 is 0 Å². The lowest BCUT2D eigenvalue weighted by atomic mass is 9.98. The molecule has 0 saturated carbocycles. The molecule has 0 heteroatoms. The maximum atomic E-state index is 2.33. The van der Waals surface area contributed by atoms with Crippen LogP contribution in [0.2, 0.25) is 0 Å². The highest BCUT2D eigenvalue weighted by Gasteiger charge is 2.00. The van der Waals surface area contributed by atoms with Gasteiger partial charge in [0.05, 0.1) is 0 Å². The highest BCUT2D eigenvalue weighted by molar-refractivity contribution is 5.36. The molecule has 0 unspecified atom stereocenters. The van der Waals surface area contributed by atoms with E-state index in [0.717, 1.165) is 19.3 Å². The first-order valence-corrected chi connectivity index (χ1v) is 5.26. The molecule has 0 aliphatic carbocycles. The van der Waals surface area contributed by atoms with Gasteiger partial charge in [0, 0.05) is 0 Å². The van der Waals surface area contributed by atoms with E-state index < -0.39 is 0 Å². The second kappa shape index (κ2) is 5.06. The molecule has 13 heavy (non-hydrogen) atoms. The van der Waals surface area contributed by atoms with Crippen LogP contribution in [0.3, 0.4) is 0 Å². The Bertz CT molecular complexity index is 261.